The first-order valence-electron chi connectivity index (χ1n) is 6.06. The maximum Gasteiger partial charge on any atom is 0.0933 e. The van der Waals surface area contributed by atoms with Crippen LogP contribution in [-0.2, 0) is 19.5 Å². The zero-order valence-electron chi connectivity index (χ0n) is 10.0. The van der Waals surface area contributed by atoms with Crippen molar-refractivity contribution < 1.29 is 0 Å². The molecule has 0 spiro atoms. The van der Waals surface area contributed by atoms with Gasteiger partial charge in [-0.05, 0) is 33.5 Å². The molecule has 0 amide bonds. The van der Waals surface area contributed by atoms with Gasteiger partial charge < -0.3 is 5.73 Å². The van der Waals surface area contributed by atoms with Crippen molar-refractivity contribution in [1.29, 1.82) is 0 Å². The van der Waals surface area contributed by atoms with E-state index >= 15 is 0 Å². The van der Waals surface area contributed by atoms with Crippen LogP contribution in [0, 0.1) is 0 Å². The van der Waals surface area contributed by atoms with Crippen molar-refractivity contribution in [3.8, 4) is 0 Å². The van der Waals surface area contributed by atoms with Gasteiger partial charge in [0.2, 0.25) is 0 Å². The molecule has 1 aromatic carbocycles. The molecule has 4 heteroatoms. The second-order valence-corrected chi connectivity index (χ2v) is 7.06. The van der Waals surface area contributed by atoms with E-state index < -0.39 is 0 Å². The Hall–Kier alpha value is -0.840. The molecule has 18 heavy (non-hydrogen) atoms. The summed E-state index contributed by atoms with van der Waals surface area (Å²) in [5, 5.41) is 0. The Morgan fingerprint density at radius 3 is 2.83 bits per heavy atom. The lowest BCUT2D eigenvalue weighted by molar-refractivity contribution is 0.249. The van der Waals surface area contributed by atoms with Crippen LogP contribution in [0.2, 0.25) is 0 Å². The van der Waals surface area contributed by atoms with Gasteiger partial charge in [-0.1, -0.05) is 30.3 Å². The Morgan fingerprint density at radius 2 is 2.06 bits per heavy atom. The Balaban J connectivity index is 1.75. The van der Waals surface area contributed by atoms with Gasteiger partial charge in [0.25, 0.3) is 0 Å². The molecule has 94 valence electrons. The molecule has 0 bridgehead atoms. The lowest BCUT2D eigenvalue weighted by Crippen LogP contribution is -2.29. The van der Waals surface area contributed by atoms with E-state index in [0.717, 1.165) is 35.5 Å². The smallest absolute Gasteiger partial charge is 0.0933 e. The number of fused-ring (bicyclic) bond motifs is 1. The monoisotopic (exact) mass is 322 g/mol. The van der Waals surface area contributed by atoms with E-state index in [1.807, 2.05) is 0 Å². The molecule has 0 saturated heterocycles. The number of halogens is 1. The molecule has 0 atom stereocenters. The minimum absolute atomic E-state index is 0.953. The predicted octanol–water partition coefficient (Wildman–Crippen LogP) is 3.65. The first kappa shape index (κ1) is 12.2. The number of thiophene rings is 1. The fraction of sp³-hybridized carbons (Fsp3) is 0.286. The maximum atomic E-state index is 6.07. The minimum atomic E-state index is 0.953. The number of benzene rings is 1. The highest BCUT2D eigenvalue weighted by Gasteiger charge is 2.22. The summed E-state index contributed by atoms with van der Waals surface area (Å²) in [5.41, 5.74) is 9.76. The number of anilines is 1. The standard InChI is InChI=1S/C14H15BrN2S/c15-14-13(16)11-6-7-17(9-12(11)18-14)8-10-4-2-1-3-5-10/h1-5H,6-9,16H2. The molecular weight excluding hydrogens is 308 g/mol. The minimum Gasteiger partial charge on any atom is -0.397 e. The van der Waals surface area contributed by atoms with E-state index in [2.05, 4.69) is 51.2 Å². The normalized spacial score (nSPS) is 15.6. The van der Waals surface area contributed by atoms with Crippen molar-refractivity contribution in [3.63, 3.8) is 0 Å². The molecule has 0 radical (unpaired) electrons. The van der Waals surface area contributed by atoms with Gasteiger partial charge in [-0.25, -0.2) is 0 Å². The van der Waals surface area contributed by atoms with Crippen LogP contribution in [0.3, 0.4) is 0 Å². The van der Waals surface area contributed by atoms with Crippen molar-refractivity contribution in [2.24, 2.45) is 0 Å². The highest BCUT2D eigenvalue weighted by molar-refractivity contribution is 9.11. The number of hydrogen-bond donors (Lipinski definition) is 1. The van der Waals surface area contributed by atoms with Crippen LogP contribution in [-0.4, -0.2) is 11.4 Å². The summed E-state index contributed by atoms with van der Waals surface area (Å²) in [4.78, 5) is 3.90. The predicted molar refractivity (Wildman–Crippen MR) is 80.7 cm³/mol. The van der Waals surface area contributed by atoms with E-state index in [0.29, 0.717) is 0 Å². The van der Waals surface area contributed by atoms with E-state index in [4.69, 9.17) is 5.73 Å². The third kappa shape index (κ3) is 2.32. The average Bonchev–Trinajstić information content (AvgIpc) is 2.66. The van der Waals surface area contributed by atoms with Gasteiger partial charge in [-0.3, -0.25) is 4.90 Å². The van der Waals surface area contributed by atoms with Gasteiger partial charge in [0, 0.05) is 24.5 Å². The number of nitrogens with zero attached hydrogens (tertiary/aromatic N) is 1. The highest BCUT2D eigenvalue weighted by Crippen LogP contribution is 2.38. The lowest BCUT2D eigenvalue weighted by Gasteiger charge is -2.26. The van der Waals surface area contributed by atoms with Gasteiger partial charge in [-0.2, -0.15) is 0 Å². The summed E-state index contributed by atoms with van der Waals surface area (Å²) in [5.74, 6) is 0. The summed E-state index contributed by atoms with van der Waals surface area (Å²) in [6.45, 7) is 3.13. The van der Waals surface area contributed by atoms with Gasteiger partial charge in [0.05, 0.1) is 9.47 Å². The van der Waals surface area contributed by atoms with Crippen LogP contribution in [0.4, 0.5) is 5.69 Å². The Morgan fingerprint density at radius 1 is 1.28 bits per heavy atom. The Kier molecular flexibility index (Phi) is 3.41. The van der Waals surface area contributed by atoms with Crippen molar-refractivity contribution >= 4 is 33.0 Å². The number of nitrogens with two attached hydrogens (primary N) is 1. The van der Waals surface area contributed by atoms with Gasteiger partial charge in [-0.15, -0.1) is 11.3 Å². The van der Waals surface area contributed by atoms with Crippen molar-refractivity contribution in [3.05, 3.63) is 50.1 Å². The first-order chi connectivity index (χ1) is 8.74. The lowest BCUT2D eigenvalue weighted by atomic mass is 10.1. The summed E-state index contributed by atoms with van der Waals surface area (Å²) >= 11 is 5.32. The summed E-state index contributed by atoms with van der Waals surface area (Å²) in [6.07, 6.45) is 1.07. The quantitative estimate of drug-likeness (QED) is 0.914. The number of hydrogen-bond acceptors (Lipinski definition) is 3. The Bertz CT molecular complexity index is 550. The fourth-order valence-corrected chi connectivity index (χ4v) is 4.28. The molecule has 2 heterocycles. The fourth-order valence-electron chi connectivity index (χ4n) is 2.42. The molecule has 2 N–H and O–H groups in total. The third-order valence-corrected chi connectivity index (χ3v) is 5.31. The third-order valence-electron chi connectivity index (χ3n) is 3.38. The average molecular weight is 323 g/mol. The molecule has 0 unspecified atom stereocenters. The molecule has 2 aromatic rings. The van der Waals surface area contributed by atoms with Crippen LogP contribution in [0.5, 0.6) is 0 Å². The SMILES string of the molecule is Nc1c(Br)sc2c1CCN(Cc1ccccc1)C2. The van der Waals surface area contributed by atoms with Crippen LogP contribution >= 0.6 is 27.3 Å². The zero-order chi connectivity index (χ0) is 12.5. The molecule has 1 aromatic heterocycles. The second kappa shape index (κ2) is 5.03. The van der Waals surface area contributed by atoms with Crippen molar-refractivity contribution in [2.45, 2.75) is 19.5 Å². The van der Waals surface area contributed by atoms with Crippen LogP contribution in [0.1, 0.15) is 16.0 Å². The Labute approximate surface area is 120 Å². The summed E-state index contributed by atoms with van der Waals surface area (Å²) < 4.78 is 1.09. The van der Waals surface area contributed by atoms with Crippen molar-refractivity contribution in [2.75, 3.05) is 12.3 Å². The topological polar surface area (TPSA) is 29.3 Å². The van der Waals surface area contributed by atoms with E-state index in [-0.39, 0.29) is 0 Å². The first-order valence-corrected chi connectivity index (χ1v) is 7.67. The molecule has 1 aliphatic rings. The van der Waals surface area contributed by atoms with E-state index in [9.17, 15) is 0 Å². The molecule has 1 aliphatic heterocycles. The molecule has 0 saturated carbocycles. The molecule has 0 fully saturated rings. The van der Waals surface area contributed by atoms with Crippen LogP contribution < -0.4 is 5.73 Å². The van der Waals surface area contributed by atoms with Crippen LogP contribution in [0.15, 0.2) is 34.1 Å². The molecule has 0 aliphatic carbocycles. The molecule has 3 rings (SSSR count). The zero-order valence-corrected chi connectivity index (χ0v) is 12.4. The molecular formula is C14H15BrN2S. The number of rotatable bonds is 2. The summed E-state index contributed by atoms with van der Waals surface area (Å²) in [7, 11) is 0. The summed E-state index contributed by atoms with van der Waals surface area (Å²) in [6, 6.07) is 10.6. The van der Waals surface area contributed by atoms with Crippen molar-refractivity contribution in [1.82, 2.24) is 4.90 Å². The van der Waals surface area contributed by atoms with E-state index in [1.54, 1.807) is 11.3 Å². The molecule has 2 nitrogen and oxygen atoms in total. The highest BCUT2D eigenvalue weighted by atomic mass is 79.9. The van der Waals surface area contributed by atoms with Crippen LogP contribution in [0.25, 0.3) is 0 Å². The maximum absolute atomic E-state index is 6.07. The van der Waals surface area contributed by atoms with Gasteiger partial charge in [0.1, 0.15) is 0 Å². The van der Waals surface area contributed by atoms with Gasteiger partial charge >= 0.3 is 0 Å². The van der Waals surface area contributed by atoms with E-state index in [1.165, 1.54) is 16.0 Å². The largest absolute Gasteiger partial charge is 0.397 e. The second-order valence-electron chi connectivity index (χ2n) is 4.64. The number of nitrogen functional groups attached to an aromatic ring is 1. The van der Waals surface area contributed by atoms with Gasteiger partial charge in [0.15, 0.2) is 0 Å².